The van der Waals surface area contributed by atoms with E-state index in [1.165, 1.54) is 19.3 Å². The van der Waals surface area contributed by atoms with Crippen LogP contribution in [0.25, 0.3) is 0 Å². The normalized spacial score (nSPS) is 37.9. The van der Waals surface area contributed by atoms with Gasteiger partial charge in [-0.1, -0.05) is 20.8 Å². The number of hydrogen-bond donors (Lipinski definition) is 1. The largest absolute Gasteiger partial charge is 0.381 e. The summed E-state index contributed by atoms with van der Waals surface area (Å²) in [6.45, 7) is 8.89. The molecular formula is C12H23NO. The van der Waals surface area contributed by atoms with Crippen molar-refractivity contribution < 1.29 is 4.74 Å². The maximum Gasteiger partial charge on any atom is 0.0506 e. The predicted molar refractivity (Wildman–Crippen MR) is 58.3 cm³/mol. The summed E-state index contributed by atoms with van der Waals surface area (Å²) in [5.74, 6) is 0.687. The smallest absolute Gasteiger partial charge is 0.0506 e. The quantitative estimate of drug-likeness (QED) is 0.732. The second-order valence-electron chi connectivity index (χ2n) is 5.88. The van der Waals surface area contributed by atoms with Crippen molar-refractivity contribution >= 4 is 0 Å². The first-order chi connectivity index (χ1) is 6.57. The van der Waals surface area contributed by atoms with E-state index in [1.54, 1.807) is 0 Å². The second kappa shape index (κ2) is 3.82. The SMILES string of the molecule is CC1COCCC1NC1CC(C)(C)C1. The standard InChI is InChI=1S/C12H23NO/c1-9-8-14-5-4-11(9)13-10-6-12(2,3)7-10/h9-11,13H,4-8H2,1-3H3. The molecule has 2 aliphatic rings. The Morgan fingerprint density at radius 2 is 2.00 bits per heavy atom. The van der Waals surface area contributed by atoms with Gasteiger partial charge in [0.15, 0.2) is 0 Å². The molecule has 1 saturated carbocycles. The summed E-state index contributed by atoms with van der Waals surface area (Å²) in [5.41, 5.74) is 0.589. The molecule has 1 aliphatic carbocycles. The van der Waals surface area contributed by atoms with Gasteiger partial charge in [0.2, 0.25) is 0 Å². The van der Waals surface area contributed by atoms with Gasteiger partial charge in [-0.3, -0.25) is 0 Å². The van der Waals surface area contributed by atoms with Crippen molar-refractivity contribution in [3.63, 3.8) is 0 Å². The van der Waals surface area contributed by atoms with Crippen LogP contribution < -0.4 is 5.32 Å². The molecule has 1 heterocycles. The maximum absolute atomic E-state index is 5.45. The van der Waals surface area contributed by atoms with Gasteiger partial charge in [0.25, 0.3) is 0 Å². The Hall–Kier alpha value is -0.0800. The lowest BCUT2D eigenvalue weighted by Crippen LogP contribution is -2.53. The third-order valence-corrected chi connectivity index (χ3v) is 3.69. The second-order valence-corrected chi connectivity index (χ2v) is 5.88. The molecule has 0 spiro atoms. The monoisotopic (exact) mass is 197 g/mol. The number of ether oxygens (including phenoxy) is 1. The third kappa shape index (κ3) is 2.29. The Bertz CT molecular complexity index is 194. The van der Waals surface area contributed by atoms with E-state index in [4.69, 9.17) is 4.74 Å². The molecule has 2 unspecified atom stereocenters. The van der Waals surface area contributed by atoms with Crippen LogP contribution in [0.2, 0.25) is 0 Å². The Kier molecular flexibility index (Phi) is 2.85. The van der Waals surface area contributed by atoms with Gasteiger partial charge in [0, 0.05) is 18.7 Å². The summed E-state index contributed by atoms with van der Waals surface area (Å²) < 4.78 is 5.45. The van der Waals surface area contributed by atoms with E-state index >= 15 is 0 Å². The molecule has 0 aromatic carbocycles. The van der Waals surface area contributed by atoms with Crippen LogP contribution in [0.4, 0.5) is 0 Å². The molecular weight excluding hydrogens is 174 g/mol. The Balaban J connectivity index is 1.75. The zero-order valence-corrected chi connectivity index (χ0v) is 9.68. The fourth-order valence-electron chi connectivity index (χ4n) is 2.82. The highest BCUT2D eigenvalue weighted by Gasteiger charge is 2.37. The highest BCUT2D eigenvalue weighted by Crippen LogP contribution is 2.40. The van der Waals surface area contributed by atoms with Crippen LogP contribution in [-0.4, -0.2) is 25.3 Å². The topological polar surface area (TPSA) is 21.3 Å². The molecule has 0 radical (unpaired) electrons. The van der Waals surface area contributed by atoms with Gasteiger partial charge < -0.3 is 10.1 Å². The molecule has 1 N–H and O–H groups in total. The Morgan fingerprint density at radius 1 is 1.29 bits per heavy atom. The predicted octanol–water partition coefficient (Wildman–Crippen LogP) is 2.19. The van der Waals surface area contributed by atoms with E-state index in [1.807, 2.05) is 0 Å². The minimum absolute atomic E-state index is 0.589. The number of nitrogens with one attached hydrogen (secondary N) is 1. The minimum atomic E-state index is 0.589. The zero-order valence-electron chi connectivity index (χ0n) is 9.68. The van der Waals surface area contributed by atoms with Crippen molar-refractivity contribution in [2.45, 2.75) is 52.1 Å². The van der Waals surface area contributed by atoms with Crippen LogP contribution in [0, 0.1) is 11.3 Å². The molecule has 0 aromatic heterocycles. The average molecular weight is 197 g/mol. The number of rotatable bonds is 2. The first-order valence-corrected chi connectivity index (χ1v) is 5.91. The lowest BCUT2D eigenvalue weighted by Gasteiger charge is -2.46. The Labute approximate surface area is 87.4 Å². The summed E-state index contributed by atoms with van der Waals surface area (Å²) in [7, 11) is 0. The van der Waals surface area contributed by atoms with Gasteiger partial charge in [-0.2, -0.15) is 0 Å². The van der Waals surface area contributed by atoms with Crippen LogP contribution >= 0.6 is 0 Å². The molecule has 0 amide bonds. The van der Waals surface area contributed by atoms with Crippen LogP contribution in [-0.2, 0) is 4.74 Å². The van der Waals surface area contributed by atoms with Crippen molar-refractivity contribution in [3.05, 3.63) is 0 Å². The first-order valence-electron chi connectivity index (χ1n) is 5.91. The first kappa shape index (κ1) is 10.4. The third-order valence-electron chi connectivity index (χ3n) is 3.69. The molecule has 2 heteroatoms. The van der Waals surface area contributed by atoms with Gasteiger partial charge in [-0.05, 0) is 30.6 Å². The van der Waals surface area contributed by atoms with Crippen molar-refractivity contribution in [2.75, 3.05) is 13.2 Å². The lowest BCUT2D eigenvalue weighted by atomic mass is 9.68. The van der Waals surface area contributed by atoms with Gasteiger partial charge in [0.05, 0.1) is 6.61 Å². The summed E-state index contributed by atoms with van der Waals surface area (Å²) in [6, 6.07) is 1.47. The van der Waals surface area contributed by atoms with E-state index in [9.17, 15) is 0 Å². The maximum atomic E-state index is 5.45. The minimum Gasteiger partial charge on any atom is -0.381 e. The van der Waals surface area contributed by atoms with Gasteiger partial charge in [0.1, 0.15) is 0 Å². The van der Waals surface area contributed by atoms with Gasteiger partial charge in [-0.15, -0.1) is 0 Å². The molecule has 82 valence electrons. The fourth-order valence-corrected chi connectivity index (χ4v) is 2.82. The average Bonchev–Trinajstić information content (AvgIpc) is 2.05. The number of hydrogen-bond acceptors (Lipinski definition) is 2. The Morgan fingerprint density at radius 3 is 2.57 bits per heavy atom. The summed E-state index contributed by atoms with van der Waals surface area (Å²) in [5, 5.41) is 3.78. The molecule has 2 atom stereocenters. The van der Waals surface area contributed by atoms with E-state index < -0.39 is 0 Å². The summed E-state index contributed by atoms with van der Waals surface area (Å²) >= 11 is 0. The van der Waals surface area contributed by atoms with Crippen molar-refractivity contribution in [1.82, 2.24) is 5.32 Å². The summed E-state index contributed by atoms with van der Waals surface area (Å²) in [6.07, 6.45) is 3.88. The van der Waals surface area contributed by atoms with Crippen LogP contribution in [0.5, 0.6) is 0 Å². The molecule has 2 fully saturated rings. The van der Waals surface area contributed by atoms with Crippen molar-refractivity contribution in [1.29, 1.82) is 0 Å². The van der Waals surface area contributed by atoms with Crippen LogP contribution in [0.1, 0.15) is 40.0 Å². The van der Waals surface area contributed by atoms with Crippen molar-refractivity contribution in [3.8, 4) is 0 Å². The van der Waals surface area contributed by atoms with E-state index in [0.29, 0.717) is 17.4 Å². The molecule has 2 rings (SSSR count). The van der Waals surface area contributed by atoms with E-state index in [2.05, 4.69) is 26.1 Å². The summed E-state index contributed by atoms with van der Waals surface area (Å²) in [4.78, 5) is 0. The lowest BCUT2D eigenvalue weighted by molar-refractivity contribution is 0.0209. The molecule has 14 heavy (non-hydrogen) atoms. The van der Waals surface area contributed by atoms with Crippen molar-refractivity contribution in [2.24, 2.45) is 11.3 Å². The molecule has 1 aliphatic heterocycles. The van der Waals surface area contributed by atoms with E-state index in [0.717, 1.165) is 19.3 Å². The molecule has 2 nitrogen and oxygen atoms in total. The molecule has 1 saturated heterocycles. The molecule has 0 bridgehead atoms. The zero-order chi connectivity index (χ0) is 10.2. The highest BCUT2D eigenvalue weighted by atomic mass is 16.5. The fraction of sp³-hybridized carbons (Fsp3) is 1.00. The van der Waals surface area contributed by atoms with Crippen LogP contribution in [0.3, 0.4) is 0 Å². The highest BCUT2D eigenvalue weighted by molar-refractivity contribution is 4.94. The van der Waals surface area contributed by atoms with Gasteiger partial charge in [-0.25, -0.2) is 0 Å². The van der Waals surface area contributed by atoms with Gasteiger partial charge >= 0.3 is 0 Å². The van der Waals surface area contributed by atoms with E-state index in [-0.39, 0.29) is 0 Å². The molecule has 0 aromatic rings. The van der Waals surface area contributed by atoms with Crippen LogP contribution in [0.15, 0.2) is 0 Å².